The highest BCUT2D eigenvalue weighted by atomic mass is 19.3. The molecular weight excluding hydrogens is 312 g/mol. The molecule has 1 aromatic heterocycles. The first-order valence-electron chi connectivity index (χ1n) is 8.11. The normalized spacial score (nSPS) is 12.6. The van der Waals surface area contributed by atoms with Crippen molar-refractivity contribution in [3.63, 3.8) is 0 Å². The Morgan fingerprint density at radius 1 is 1.25 bits per heavy atom. The first-order chi connectivity index (χ1) is 11.5. The standard InChI is InChI=1S/C18H23F2N3O/c1-13(2)8-9-17(24)22-15(14-6-4-3-5-7-14)12-16-21-10-11-23(16)18(19)20/h3-7,10-11,13,15,18H,8-9,12H2,1-2H3,(H,22,24)/t15-/m1/s1. The van der Waals surface area contributed by atoms with Crippen LogP contribution in [0.25, 0.3) is 0 Å². The first-order valence-corrected chi connectivity index (χ1v) is 8.11. The zero-order chi connectivity index (χ0) is 17.5. The van der Waals surface area contributed by atoms with Gasteiger partial charge in [-0.25, -0.2) is 4.98 Å². The molecule has 130 valence electrons. The molecule has 0 aliphatic rings. The Kier molecular flexibility index (Phi) is 6.46. The Morgan fingerprint density at radius 2 is 1.96 bits per heavy atom. The summed E-state index contributed by atoms with van der Waals surface area (Å²) in [4.78, 5) is 16.2. The topological polar surface area (TPSA) is 46.9 Å². The molecule has 2 aromatic rings. The smallest absolute Gasteiger partial charge is 0.319 e. The van der Waals surface area contributed by atoms with Crippen molar-refractivity contribution in [2.45, 2.75) is 45.7 Å². The number of halogens is 2. The van der Waals surface area contributed by atoms with Crippen molar-refractivity contribution in [2.75, 3.05) is 0 Å². The molecule has 1 atom stereocenters. The van der Waals surface area contributed by atoms with Crippen molar-refractivity contribution in [3.8, 4) is 0 Å². The van der Waals surface area contributed by atoms with Crippen molar-refractivity contribution in [1.82, 2.24) is 14.9 Å². The lowest BCUT2D eigenvalue weighted by atomic mass is 10.0. The SMILES string of the molecule is CC(C)CCC(=O)N[C@H](Cc1nccn1C(F)F)c1ccccc1. The Balaban J connectivity index is 2.14. The number of amides is 1. The third-order valence-corrected chi connectivity index (χ3v) is 3.83. The second kappa shape index (κ2) is 8.57. The van der Waals surface area contributed by atoms with E-state index in [2.05, 4.69) is 24.1 Å². The summed E-state index contributed by atoms with van der Waals surface area (Å²) in [5.41, 5.74) is 0.874. The van der Waals surface area contributed by atoms with Gasteiger partial charge in [-0.15, -0.1) is 0 Å². The van der Waals surface area contributed by atoms with Crippen LogP contribution in [0.4, 0.5) is 8.78 Å². The molecule has 0 aliphatic carbocycles. The van der Waals surface area contributed by atoms with Gasteiger partial charge in [-0.2, -0.15) is 8.78 Å². The van der Waals surface area contributed by atoms with E-state index in [-0.39, 0.29) is 24.2 Å². The number of hydrogen-bond donors (Lipinski definition) is 1. The molecule has 1 heterocycles. The molecule has 0 fully saturated rings. The molecule has 0 unspecified atom stereocenters. The van der Waals surface area contributed by atoms with Crippen LogP contribution in [0.5, 0.6) is 0 Å². The van der Waals surface area contributed by atoms with Crippen LogP contribution in [-0.4, -0.2) is 15.5 Å². The second-order valence-corrected chi connectivity index (χ2v) is 6.20. The minimum absolute atomic E-state index is 0.0762. The largest absolute Gasteiger partial charge is 0.349 e. The number of rotatable bonds is 8. The number of imidazole rings is 1. The van der Waals surface area contributed by atoms with Gasteiger partial charge in [-0.3, -0.25) is 9.36 Å². The number of nitrogens with one attached hydrogen (secondary N) is 1. The van der Waals surface area contributed by atoms with Gasteiger partial charge in [0.2, 0.25) is 5.91 Å². The van der Waals surface area contributed by atoms with Crippen LogP contribution in [0.2, 0.25) is 0 Å². The number of nitrogens with zero attached hydrogens (tertiary/aromatic N) is 2. The van der Waals surface area contributed by atoms with Gasteiger partial charge in [0.05, 0.1) is 6.04 Å². The number of benzene rings is 1. The zero-order valence-electron chi connectivity index (χ0n) is 14.0. The summed E-state index contributed by atoms with van der Waals surface area (Å²) in [7, 11) is 0. The van der Waals surface area contributed by atoms with Crippen molar-refractivity contribution < 1.29 is 13.6 Å². The summed E-state index contributed by atoms with van der Waals surface area (Å²) >= 11 is 0. The maximum atomic E-state index is 13.0. The molecule has 1 amide bonds. The monoisotopic (exact) mass is 335 g/mol. The van der Waals surface area contributed by atoms with Crippen LogP contribution < -0.4 is 5.32 Å². The van der Waals surface area contributed by atoms with Gasteiger partial charge in [0.15, 0.2) is 0 Å². The van der Waals surface area contributed by atoms with Crippen LogP contribution in [0.3, 0.4) is 0 Å². The summed E-state index contributed by atoms with van der Waals surface area (Å²) in [5.74, 6) is 0.611. The van der Waals surface area contributed by atoms with E-state index in [1.165, 1.54) is 12.4 Å². The van der Waals surface area contributed by atoms with Crippen LogP contribution in [0, 0.1) is 5.92 Å². The molecule has 0 saturated carbocycles. The minimum Gasteiger partial charge on any atom is -0.349 e. The highest BCUT2D eigenvalue weighted by Crippen LogP contribution is 2.21. The van der Waals surface area contributed by atoms with Gasteiger partial charge in [-0.05, 0) is 17.9 Å². The van der Waals surface area contributed by atoms with Crippen LogP contribution >= 0.6 is 0 Å². The molecular formula is C18H23F2N3O. The average molecular weight is 335 g/mol. The van der Waals surface area contributed by atoms with Crippen molar-refractivity contribution in [2.24, 2.45) is 5.92 Å². The molecule has 24 heavy (non-hydrogen) atoms. The fourth-order valence-electron chi connectivity index (χ4n) is 2.49. The lowest BCUT2D eigenvalue weighted by molar-refractivity contribution is -0.122. The molecule has 0 spiro atoms. The summed E-state index contributed by atoms with van der Waals surface area (Å²) in [6.07, 6.45) is 4.03. The summed E-state index contributed by atoms with van der Waals surface area (Å²) in [5, 5.41) is 2.96. The van der Waals surface area contributed by atoms with Crippen molar-refractivity contribution in [1.29, 1.82) is 0 Å². The molecule has 0 bridgehead atoms. The van der Waals surface area contributed by atoms with Crippen LogP contribution in [0.15, 0.2) is 42.7 Å². The van der Waals surface area contributed by atoms with E-state index < -0.39 is 6.55 Å². The Bertz CT molecular complexity index is 641. The summed E-state index contributed by atoms with van der Waals surface area (Å²) in [6, 6.07) is 8.98. The van der Waals surface area contributed by atoms with Crippen molar-refractivity contribution >= 4 is 5.91 Å². The molecule has 1 N–H and O–H groups in total. The molecule has 0 radical (unpaired) electrons. The fraction of sp³-hybridized carbons (Fsp3) is 0.444. The minimum atomic E-state index is -2.64. The quantitative estimate of drug-likeness (QED) is 0.789. The highest BCUT2D eigenvalue weighted by molar-refractivity contribution is 5.76. The molecule has 0 aliphatic heterocycles. The number of carbonyl (C=O) groups excluding carboxylic acids is 1. The van der Waals surface area contributed by atoms with Gasteiger partial charge in [-0.1, -0.05) is 44.2 Å². The lowest BCUT2D eigenvalue weighted by Crippen LogP contribution is -2.30. The van der Waals surface area contributed by atoms with Gasteiger partial charge in [0.25, 0.3) is 0 Å². The Morgan fingerprint density at radius 3 is 2.58 bits per heavy atom. The van der Waals surface area contributed by atoms with E-state index in [1.807, 2.05) is 30.3 Å². The van der Waals surface area contributed by atoms with Crippen LogP contribution in [-0.2, 0) is 11.2 Å². The van der Waals surface area contributed by atoms with Gasteiger partial charge < -0.3 is 5.32 Å². The second-order valence-electron chi connectivity index (χ2n) is 6.20. The number of hydrogen-bond acceptors (Lipinski definition) is 2. The summed E-state index contributed by atoms with van der Waals surface area (Å²) < 4.78 is 26.9. The van der Waals surface area contributed by atoms with E-state index in [9.17, 15) is 13.6 Å². The maximum Gasteiger partial charge on any atom is 0.319 e. The van der Waals surface area contributed by atoms with Crippen molar-refractivity contribution in [3.05, 3.63) is 54.1 Å². The summed E-state index contributed by atoms with van der Waals surface area (Å²) in [6.45, 7) is 1.47. The van der Waals surface area contributed by atoms with Crippen LogP contribution in [0.1, 0.15) is 50.7 Å². The average Bonchev–Trinajstić information content (AvgIpc) is 3.01. The molecule has 6 heteroatoms. The predicted molar refractivity (Wildman–Crippen MR) is 88.6 cm³/mol. The molecule has 2 rings (SSSR count). The first kappa shape index (κ1) is 18.1. The lowest BCUT2D eigenvalue weighted by Gasteiger charge is -2.20. The van der Waals surface area contributed by atoms with Gasteiger partial charge >= 0.3 is 6.55 Å². The van der Waals surface area contributed by atoms with E-state index >= 15 is 0 Å². The third kappa shape index (κ3) is 5.15. The molecule has 1 aromatic carbocycles. The molecule has 4 nitrogen and oxygen atoms in total. The number of alkyl halides is 2. The van der Waals surface area contributed by atoms with Gasteiger partial charge in [0.1, 0.15) is 5.82 Å². The van der Waals surface area contributed by atoms with E-state index in [0.29, 0.717) is 12.3 Å². The maximum absolute atomic E-state index is 13.0. The highest BCUT2D eigenvalue weighted by Gasteiger charge is 2.20. The van der Waals surface area contributed by atoms with E-state index in [0.717, 1.165) is 16.6 Å². The number of carbonyl (C=O) groups is 1. The van der Waals surface area contributed by atoms with E-state index in [1.54, 1.807) is 0 Å². The van der Waals surface area contributed by atoms with E-state index in [4.69, 9.17) is 0 Å². The molecule has 0 saturated heterocycles. The van der Waals surface area contributed by atoms with Gasteiger partial charge in [0, 0.05) is 25.2 Å². The Hall–Kier alpha value is -2.24. The Labute approximate surface area is 140 Å². The zero-order valence-corrected chi connectivity index (χ0v) is 14.0. The predicted octanol–water partition coefficient (Wildman–Crippen LogP) is 4.11. The fourth-order valence-corrected chi connectivity index (χ4v) is 2.49. The third-order valence-electron chi connectivity index (χ3n) is 3.83. The number of aromatic nitrogens is 2.